The fourth-order valence-corrected chi connectivity index (χ4v) is 2.59. The molecule has 0 saturated carbocycles. The van der Waals surface area contributed by atoms with Gasteiger partial charge in [-0.25, -0.2) is 0 Å². The summed E-state index contributed by atoms with van der Waals surface area (Å²) in [5.41, 5.74) is 8.23. The second-order valence-electron chi connectivity index (χ2n) is 4.90. The van der Waals surface area contributed by atoms with Crippen LogP contribution >= 0.6 is 15.9 Å². The molecule has 0 aliphatic carbocycles. The Kier molecular flexibility index (Phi) is 5.50. The van der Waals surface area contributed by atoms with Gasteiger partial charge in [0.15, 0.2) is 0 Å². The van der Waals surface area contributed by atoms with E-state index < -0.39 is 0 Å². The molecule has 3 heteroatoms. The lowest BCUT2D eigenvalue weighted by Crippen LogP contribution is -2.13. The minimum atomic E-state index is -0.0670. The van der Waals surface area contributed by atoms with Crippen molar-refractivity contribution < 1.29 is 4.79 Å². The summed E-state index contributed by atoms with van der Waals surface area (Å²) in [6.45, 7) is 0. The number of ketones is 1. The van der Waals surface area contributed by atoms with E-state index in [0.717, 1.165) is 15.6 Å². The Balaban J connectivity index is 1.83. The standard InChI is InChI=1S/C17H18BrNO/c18-15-8-4-5-13(11-15)12-16(20)9-10-17(19)14-6-2-1-3-7-14/h1-8,11,17H,9-10,12,19H2. The van der Waals surface area contributed by atoms with Crippen LogP contribution in [0.1, 0.15) is 30.0 Å². The molecule has 1 atom stereocenters. The van der Waals surface area contributed by atoms with Crippen LogP contribution in [0.4, 0.5) is 0 Å². The van der Waals surface area contributed by atoms with Gasteiger partial charge in [-0.1, -0.05) is 58.4 Å². The van der Waals surface area contributed by atoms with Crippen molar-refractivity contribution in [3.63, 3.8) is 0 Å². The number of Topliss-reactive ketones (excluding diaryl/α,β-unsaturated/α-hetero) is 1. The lowest BCUT2D eigenvalue weighted by molar-refractivity contribution is -0.118. The number of nitrogens with two attached hydrogens (primary N) is 1. The summed E-state index contributed by atoms with van der Waals surface area (Å²) in [6, 6.07) is 17.7. The molecule has 104 valence electrons. The topological polar surface area (TPSA) is 43.1 Å². The van der Waals surface area contributed by atoms with E-state index in [4.69, 9.17) is 5.73 Å². The van der Waals surface area contributed by atoms with Crippen LogP contribution in [0.15, 0.2) is 59.1 Å². The fraction of sp³-hybridized carbons (Fsp3) is 0.235. The third-order valence-corrected chi connectivity index (χ3v) is 3.75. The van der Waals surface area contributed by atoms with Crippen LogP contribution in [-0.2, 0) is 11.2 Å². The first-order valence-corrected chi connectivity index (χ1v) is 7.51. The lowest BCUT2D eigenvalue weighted by Gasteiger charge is -2.11. The van der Waals surface area contributed by atoms with E-state index in [-0.39, 0.29) is 11.8 Å². The van der Waals surface area contributed by atoms with E-state index in [1.165, 1.54) is 0 Å². The molecule has 0 aliphatic heterocycles. The van der Waals surface area contributed by atoms with Crippen LogP contribution in [0, 0.1) is 0 Å². The molecular formula is C17H18BrNO. The van der Waals surface area contributed by atoms with Gasteiger partial charge in [-0.2, -0.15) is 0 Å². The Hall–Kier alpha value is -1.45. The zero-order valence-corrected chi connectivity index (χ0v) is 12.8. The normalized spacial score (nSPS) is 12.1. The van der Waals surface area contributed by atoms with Crippen LogP contribution in [0.5, 0.6) is 0 Å². The summed E-state index contributed by atoms with van der Waals surface area (Å²) in [7, 11) is 0. The van der Waals surface area contributed by atoms with Crippen molar-refractivity contribution in [3.05, 3.63) is 70.2 Å². The van der Waals surface area contributed by atoms with Crippen molar-refractivity contribution in [1.82, 2.24) is 0 Å². The molecule has 0 fully saturated rings. The molecule has 0 aromatic heterocycles. The second-order valence-corrected chi connectivity index (χ2v) is 5.82. The minimum absolute atomic E-state index is 0.0670. The largest absolute Gasteiger partial charge is 0.324 e. The Morgan fingerprint density at radius 2 is 1.85 bits per heavy atom. The number of rotatable bonds is 6. The van der Waals surface area contributed by atoms with Crippen molar-refractivity contribution in [1.29, 1.82) is 0 Å². The number of benzene rings is 2. The maximum atomic E-state index is 12.0. The molecule has 0 heterocycles. The zero-order chi connectivity index (χ0) is 14.4. The molecule has 0 saturated heterocycles. The summed E-state index contributed by atoms with van der Waals surface area (Å²) >= 11 is 3.41. The smallest absolute Gasteiger partial charge is 0.137 e. The number of carbonyl (C=O) groups is 1. The van der Waals surface area contributed by atoms with Gasteiger partial charge in [0.1, 0.15) is 5.78 Å². The summed E-state index contributed by atoms with van der Waals surface area (Å²) in [5.74, 6) is 0.231. The average Bonchev–Trinajstić information content (AvgIpc) is 2.46. The Bertz CT molecular complexity index is 568. The molecule has 1 unspecified atom stereocenters. The monoisotopic (exact) mass is 331 g/mol. The first kappa shape index (κ1) is 14.9. The molecule has 20 heavy (non-hydrogen) atoms. The molecule has 2 N–H and O–H groups in total. The quantitative estimate of drug-likeness (QED) is 0.867. The van der Waals surface area contributed by atoms with Crippen LogP contribution < -0.4 is 5.73 Å². The van der Waals surface area contributed by atoms with Crippen LogP contribution in [0.2, 0.25) is 0 Å². The van der Waals surface area contributed by atoms with Gasteiger partial charge in [-0.3, -0.25) is 4.79 Å². The third kappa shape index (κ3) is 4.58. The van der Waals surface area contributed by atoms with E-state index in [9.17, 15) is 4.79 Å². The number of halogens is 1. The fourth-order valence-electron chi connectivity index (χ4n) is 2.15. The first-order valence-electron chi connectivity index (χ1n) is 6.72. The molecule has 2 aromatic rings. The van der Waals surface area contributed by atoms with E-state index in [2.05, 4.69) is 15.9 Å². The summed E-state index contributed by atoms with van der Waals surface area (Å²) < 4.78 is 1.00. The number of carbonyl (C=O) groups excluding carboxylic acids is 1. The van der Waals surface area contributed by atoms with Crippen LogP contribution in [0.25, 0.3) is 0 Å². The average molecular weight is 332 g/mol. The van der Waals surface area contributed by atoms with Gasteiger partial charge in [0.05, 0.1) is 0 Å². The maximum Gasteiger partial charge on any atom is 0.137 e. The molecule has 0 aliphatic rings. The highest BCUT2D eigenvalue weighted by molar-refractivity contribution is 9.10. The predicted molar refractivity (Wildman–Crippen MR) is 85.5 cm³/mol. The van der Waals surface area contributed by atoms with Crippen molar-refractivity contribution >= 4 is 21.7 Å². The molecular weight excluding hydrogens is 314 g/mol. The molecule has 0 radical (unpaired) electrons. The highest BCUT2D eigenvalue weighted by Gasteiger charge is 2.09. The van der Waals surface area contributed by atoms with E-state index in [1.807, 2.05) is 54.6 Å². The van der Waals surface area contributed by atoms with Gasteiger partial charge in [0, 0.05) is 23.4 Å². The molecule has 2 aromatic carbocycles. The molecule has 2 nitrogen and oxygen atoms in total. The molecule has 0 amide bonds. The summed E-state index contributed by atoms with van der Waals surface area (Å²) in [4.78, 5) is 12.0. The van der Waals surface area contributed by atoms with Crippen molar-refractivity contribution in [3.8, 4) is 0 Å². The van der Waals surface area contributed by atoms with E-state index in [0.29, 0.717) is 19.3 Å². The van der Waals surface area contributed by atoms with Crippen LogP contribution in [0.3, 0.4) is 0 Å². The molecule has 0 spiro atoms. The van der Waals surface area contributed by atoms with Gasteiger partial charge < -0.3 is 5.73 Å². The van der Waals surface area contributed by atoms with Gasteiger partial charge >= 0.3 is 0 Å². The number of hydrogen-bond acceptors (Lipinski definition) is 2. The van der Waals surface area contributed by atoms with Gasteiger partial charge in [0.25, 0.3) is 0 Å². The Labute approximate surface area is 128 Å². The van der Waals surface area contributed by atoms with E-state index in [1.54, 1.807) is 0 Å². The van der Waals surface area contributed by atoms with Gasteiger partial charge in [0.2, 0.25) is 0 Å². The molecule has 0 bridgehead atoms. The lowest BCUT2D eigenvalue weighted by atomic mass is 9.99. The van der Waals surface area contributed by atoms with E-state index >= 15 is 0 Å². The highest BCUT2D eigenvalue weighted by atomic mass is 79.9. The predicted octanol–water partition coefficient (Wildman–Crippen LogP) is 4.04. The maximum absolute atomic E-state index is 12.0. The van der Waals surface area contributed by atoms with Crippen molar-refractivity contribution in [2.75, 3.05) is 0 Å². The van der Waals surface area contributed by atoms with Gasteiger partial charge in [-0.05, 0) is 29.7 Å². The summed E-state index contributed by atoms with van der Waals surface area (Å²) in [5, 5.41) is 0. The zero-order valence-electron chi connectivity index (χ0n) is 11.3. The minimum Gasteiger partial charge on any atom is -0.324 e. The summed E-state index contributed by atoms with van der Waals surface area (Å²) in [6.07, 6.45) is 1.68. The van der Waals surface area contributed by atoms with Crippen LogP contribution in [-0.4, -0.2) is 5.78 Å². The molecule has 2 rings (SSSR count). The Morgan fingerprint density at radius 3 is 2.55 bits per heavy atom. The van der Waals surface area contributed by atoms with Gasteiger partial charge in [-0.15, -0.1) is 0 Å². The third-order valence-electron chi connectivity index (χ3n) is 3.25. The van der Waals surface area contributed by atoms with Crippen molar-refractivity contribution in [2.45, 2.75) is 25.3 Å². The van der Waals surface area contributed by atoms with Crippen molar-refractivity contribution in [2.24, 2.45) is 5.73 Å². The highest BCUT2D eigenvalue weighted by Crippen LogP contribution is 2.17. The SMILES string of the molecule is NC(CCC(=O)Cc1cccc(Br)c1)c1ccccc1. The Morgan fingerprint density at radius 1 is 1.10 bits per heavy atom. The first-order chi connectivity index (χ1) is 9.65. The second kappa shape index (κ2) is 7.36. The number of hydrogen-bond donors (Lipinski definition) is 1.